The monoisotopic (exact) mass is 306 g/mol. The number of hydrogen-bond acceptors (Lipinski definition) is 3. The molecule has 2 unspecified atom stereocenters. The van der Waals surface area contributed by atoms with E-state index >= 15 is 0 Å². The van der Waals surface area contributed by atoms with Gasteiger partial charge in [0, 0.05) is 19.0 Å². The molecule has 3 N–H and O–H groups in total. The normalized spacial score (nSPS) is 20.7. The molecule has 0 aliphatic carbocycles. The summed E-state index contributed by atoms with van der Waals surface area (Å²) < 4.78 is 0. The molecule has 1 aliphatic heterocycles. The number of amides is 2. The van der Waals surface area contributed by atoms with Crippen molar-refractivity contribution >= 4 is 6.03 Å². The molecule has 2 rings (SSSR count). The summed E-state index contributed by atoms with van der Waals surface area (Å²) in [7, 11) is 0. The molecule has 2 amide bonds. The third-order valence-corrected chi connectivity index (χ3v) is 4.25. The molecule has 5 heteroatoms. The molecule has 0 aromatic heterocycles. The van der Waals surface area contributed by atoms with Crippen molar-refractivity contribution in [2.24, 2.45) is 0 Å². The van der Waals surface area contributed by atoms with Crippen molar-refractivity contribution in [3.63, 3.8) is 0 Å². The van der Waals surface area contributed by atoms with Crippen LogP contribution < -0.4 is 5.32 Å². The van der Waals surface area contributed by atoms with Crippen molar-refractivity contribution in [2.75, 3.05) is 19.7 Å². The highest BCUT2D eigenvalue weighted by atomic mass is 16.3. The molecule has 122 valence electrons. The lowest BCUT2D eigenvalue weighted by molar-refractivity contribution is 0.153. The number of hydrogen-bond donors (Lipinski definition) is 3. The number of aliphatic hydroxyl groups excluding tert-OH is 2. The van der Waals surface area contributed by atoms with E-state index in [0.29, 0.717) is 19.5 Å². The van der Waals surface area contributed by atoms with Gasteiger partial charge in [-0.15, -0.1) is 0 Å². The number of aliphatic hydroxyl groups is 2. The Hall–Kier alpha value is -1.59. The Morgan fingerprint density at radius 2 is 2.14 bits per heavy atom. The summed E-state index contributed by atoms with van der Waals surface area (Å²) in [5.41, 5.74) is 1.11. The molecule has 0 bridgehead atoms. The third kappa shape index (κ3) is 4.45. The minimum Gasteiger partial charge on any atom is -0.394 e. The Kier molecular flexibility index (Phi) is 6.21. The Morgan fingerprint density at radius 1 is 1.41 bits per heavy atom. The van der Waals surface area contributed by atoms with Gasteiger partial charge in [-0.2, -0.15) is 0 Å². The number of likely N-dealkylation sites (tertiary alicyclic amines) is 1. The minimum absolute atomic E-state index is 0.0171. The van der Waals surface area contributed by atoms with Gasteiger partial charge in [0.25, 0.3) is 0 Å². The molecule has 0 spiro atoms. The van der Waals surface area contributed by atoms with Gasteiger partial charge in [-0.1, -0.05) is 30.3 Å². The van der Waals surface area contributed by atoms with Gasteiger partial charge < -0.3 is 20.4 Å². The van der Waals surface area contributed by atoms with Gasteiger partial charge in [0.05, 0.1) is 18.8 Å². The summed E-state index contributed by atoms with van der Waals surface area (Å²) in [6.07, 6.45) is 1.99. The standard InChI is InChI=1S/C17H26N2O3/c1-13(21)10-15(14-6-3-2-4-7-14)11-18-17(22)19-9-5-8-16(19)12-20/h2-4,6-7,13,15-16,20-21H,5,8-12H2,1H3,(H,18,22)/t13?,15?,16-/m1/s1. The van der Waals surface area contributed by atoms with Gasteiger partial charge in [-0.3, -0.25) is 0 Å². The van der Waals surface area contributed by atoms with Gasteiger partial charge in [0.15, 0.2) is 0 Å². The van der Waals surface area contributed by atoms with Crippen molar-refractivity contribution < 1.29 is 15.0 Å². The average molecular weight is 306 g/mol. The van der Waals surface area contributed by atoms with Crippen LogP contribution in [-0.4, -0.2) is 53.0 Å². The van der Waals surface area contributed by atoms with E-state index in [0.717, 1.165) is 18.4 Å². The fourth-order valence-corrected chi connectivity index (χ4v) is 3.08. The minimum atomic E-state index is -0.418. The fraction of sp³-hybridized carbons (Fsp3) is 0.588. The maximum atomic E-state index is 12.3. The molecule has 22 heavy (non-hydrogen) atoms. The van der Waals surface area contributed by atoms with Crippen LogP contribution in [0.25, 0.3) is 0 Å². The number of carbonyl (C=O) groups is 1. The number of nitrogens with zero attached hydrogens (tertiary/aromatic N) is 1. The second-order valence-electron chi connectivity index (χ2n) is 6.05. The number of carbonyl (C=O) groups excluding carboxylic acids is 1. The number of benzene rings is 1. The SMILES string of the molecule is CC(O)CC(CNC(=O)N1CCC[C@@H]1CO)c1ccccc1. The molecule has 3 atom stereocenters. The van der Waals surface area contributed by atoms with Crippen molar-refractivity contribution in [1.29, 1.82) is 0 Å². The molecule has 1 fully saturated rings. The summed E-state index contributed by atoms with van der Waals surface area (Å²) in [4.78, 5) is 14.0. The van der Waals surface area contributed by atoms with E-state index in [9.17, 15) is 15.0 Å². The lowest BCUT2D eigenvalue weighted by Gasteiger charge is -2.25. The molecule has 0 saturated carbocycles. The maximum Gasteiger partial charge on any atom is 0.317 e. The molecule has 5 nitrogen and oxygen atoms in total. The molecule has 1 aromatic rings. The molecule has 1 heterocycles. The van der Waals surface area contributed by atoms with Crippen LogP contribution in [0.4, 0.5) is 4.79 Å². The van der Waals surface area contributed by atoms with E-state index < -0.39 is 6.10 Å². The van der Waals surface area contributed by atoms with Gasteiger partial charge in [-0.25, -0.2) is 4.79 Å². The highest BCUT2D eigenvalue weighted by molar-refractivity contribution is 5.75. The van der Waals surface area contributed by atoms with Crippen LogP contribution in [0.5, 0.6) is 0 Å². The van der Waals surface area contributed by atoms with Crippen molar-refractivity contribution in [3.05, 3.63) is 35.9 Å². The van der Waals surface area contributed by atoms with E-state index in [1.54, 1.807) is 11.8 Å². The van der Waals surface area contributed by atoms with Gasteiger partial charge >= 0.3 is 6.03 Å². The van der Waals surface area contributed by atoms with Gasteiger partial charge in [0.2, 0.25) is 0 Å². The molecule has 0 radical (unpaired) electrons. The first kappa shape index (κ1) is 16.8. The average Bonchev–Trinajstić information content (AvgIpc) is 3.00. The van der Waals surface area contributed by atoms with Crippen LogP contribution in [0.2, 0.25) is 0 Å². The lowest BCUT2D eigenvalue weighted by Crippen LogP contribution is -2.45. The fourth-order valence-electron chi connectivity index (χ4n) is 3.08. The Balaban J connectivity index is 1.95. The van der Waals surface area contributed by atoms with Crippen LogP contribution in [0, 0.1) is 0 Å². The van der Waals surface area contributed by atoms with Crippen LogP contribution in [-0.2, 0) is 0 Å². The predicted octanol–water partition coefficient (Wildman–Crippen LogP) is 1.71. The quantitative estimate of drug-likeness (QED) is 0.749. The van der Waals surface area contributed by atoms with Crippen LogP contribution >= 0.6 is 0 Å². The molecule has 1 aromatic carbocycles. The number of urea groups is 1. The van der Waals surface area contributed by atoms with Crippen LogP contribution in [0.3, 0.4) is 0 Å². The molecule has 1 aliphatic rings. The van der Waals surface area contributed by atoms with Gasteiger partial charge in [-0.05, 0) is 31.7 Å². The second kappa shape index (κ2) is 8.15. The largest absolute Gasteiger partial charge is 0.394 e. The van der Waals surface area contributed by atoms with Crippen molar-refractivity contribution in [3.8, 4) is 0 Å². The summed E-state index contributed by atoms with van der Waals surface area (Å²) >= 11 is 0. The number of rotatable bonds is 6. The highest BCUT2D eigenvalue weighted by Crippen LogP contribution is 2.21. The molecule has 1 saturated heterocycles. The van der Waals surface area contributed by atoms with E-state index in [1.807, 2.05) is 30.3 Å². The summed E-state index contributed by atoms with van der Waals surface area (Å²) in [6.45, 7) is 2.97. The van der Waals surface area contributed by atoms with Crippen molar-refractivity contribution in [2.45, 2.75) is 44.2 Å². The Morgan fingerprint density at radius 3 is 2.77 bits per heavy atom. The Bertz CT molecular complexity index is 464. The smallest absolute Gasteiger partial charge is 0.317 e. The molecular weight excluding hydrogens is 280 g/mol. The third-order valence-electron chi connectivity index (χ3n) is 4.25. The predicted molar refractivity (Wildman–Crippen MR) is 85.7 cm³/mol. The maximum absolute atomic E-state index is 12.3. The van der Waals surface area contributed by atoms with E-state index in [4.69, 9.17) is 0 Å². The van der Waals surface area contributed by atoms with E-state index in [2.05, 4.69) is 5.32 Å². The van der Waals surface area contributed by atoms with Crippen molar-refractivity contribution in [1.82, 2.24) is 10.2 Å². The lowest BCUT2D eigenvalue weighted by atomic mass is 9.93. The van der Waals surface area contributed by atoms with E-state index in [1.165, 1.54) is 0 Å². The topological polar surface area (TPSA) is 72.8 Å². The summed E-state index contributed by atoms with van der Waals surface area (Å²) in [5, 5.41) is 21.9. The highest BCUT2D eigenvalue weighted by Gasteiger charge is 2.28. The first-order valence-electron chi connectivity index (χ1n) is 8.00. The zero-order valence-electron chi connectivity index (χ0n) is 13.1. The molecular formula is C17H26N2O3. The zero-order chi connectivity index (χ0) is 15.9. The first-order chi connectivity index (χ1) is 10.6. The first-order valence-corrected chi connectivity index (χ1v) is 8.00. The summed E-state index contributed by atoms with van der Waals surface area (Å²) in [6, 6.07) is 9.74. The second-order valence-corrected chi connectivity index (χ2v) is 6.05. The zero-order valence-corrected chi connectivity index (χ0v) is 13.1. The Labute approximate surface area is 131 Å². The summed E-state index contributed by atoms with van der Waals surface area (Å²) in [5.74, 6) is 0.0836. The van der Waals surface area contributed by atoms with Crippen LogP contribution in [0.1, 0.15) is 37.7 Å². The van der Waals surface area contributed by atoms with Gasteiger partial charge in [0.1, 0.15) is 0 Å². The number of nitrogens with one attached hydrogen (secondary N) is 1. The van der Waals surface area contributed by atoms with E-state index in [-0.39, 0.29) is 24.6 Å². The van der Waals surface area contributed by atoms with Crippen LogP contribution in [0.15, 0.2) is 30.3 Å².